The quantitative estimate of drug-likeness (QED) is 0.553. The molecule has 0 aliphatic carbocycles. The summed E-state index contributed by atoms with van der Waals surface area (Å²) in [6.07, 6.45) is 10.3. The van der Waals surface area contributed by atoms with Crippen LogP contribution in [0.3, 0.4) is 0 Å². The van der Waals surface area contributed by atoms with Gasteiger partial charge in [0.1, 0.15) is 0 Å². The topological polar surface area (TPSA) is 66.8 Å². The lowest BCUT2D eigenvalue weighted by Gasteiger charge is -2.32. The summed E-state index contributed by atoms with van der Waals surface area (Å²) in [7, 11) is 0. The van der Waals surface area contributed by atoms with E-state index in [1.54, 1.807) is 6.20 Å². The number of aromatic amines is 1. The number of benzene rings is 1. The molecule has 0 spiro atoms. The molecule has 3 aromatic heterocycles. The zero-order valence-electron chi connectivity index (χ0n) is 16.9. The van der Waals surface area contributed by atoms with Crippen LogP contribution in [0.15, 0.2) is 67.3 Å². The number of aromatic nitrogens is 4. The normalized spacial score (nSPS) is 15.0. The molecule has 6 heteroatoms. The molecule has 1 saturated heterocycles. The van der Waals surface area contributed by atoms with Crippen molar-refractivity contribution in [3.05, 3.63) is 72.8 Å². The average molecular weight is 399 g/mol. The molecule has 1 aliphatic rings. The predicted molar refractivity (Wildman–Crippen MR) is 117 cm³/mol. The first-order chi connectivity index (χ1) is 14.8. The number of amides is 1. The summed E-state index contributed by atoms with van der Waals surface area (Å²) in [6, 6.07) is 14.3. The minimum Gasteiger partial charge on any atom is -0.346 e. The van der Waals surface area contributed by atoms with Crippen molar-refractivity contribution in [1.29, 1.82) is 0 Å². The molecular formula is C24H25N5O. The number of carbonyl (C=O) groups excluding carboxylic acids is 1. The molecular weight excluding hydrogens is 374 g/mol. The van der Waals surface area contributed by atoms with Gasteiger partial charge in [-0.2, -0.15) is 5.10 Å². The first kappa shape index (κ1) is 18.6. The van der Waals surface area contributed by atoms with Gasteiger partial charge < -0.3 is 9.47 Å². The van der Waals surface area contributed by atoms with Crippen molar-refractivity contribution in [2.75, 3.05) is 13.1 Å². The Kier molecular flexibility index (Phi) is 5.05. The first-order valence-electron chi connectivity index (χ1n) is 10.5. The molecule has 1 aromatic carbocycles. The van der Waals surface area contributed by atoms with Crippen LogP contribution in [0.2, 0.25) is 0 Å². The summed E-state index contributed by atoms with van der Waals surface area (Å²) in [5, 5.41) is 8.03. The predicted octanol–water partition coefficient (Wildman–Crippen LogP) is 3.91. The van der Waals surface area contributed by atoms with E-state index < -0.39 is 0 Å². The summed E-state index contributed by atoms with van der Waals surface area (Å²) in [5.41, 5.74) is 4.17. The number of rotatable bonds is 5. The number of hydrogen-bond acceptors (Lipinski definition) is 3. The van der Waals surface area contributed by atoms with E-state index in [2.05, 4.69) is 38.1 Å². The van der Waals surface area contributed by atoms with E-state index >= 15 is 0 Å². The molecule has 4 aromatic rings. The zero-order valence-corrected chi connectivity index (χ0v) is 16.9. The lowest BCUT2D eigenvalue weighted by molar-refractivity contribution is -0.131. The number of hydrogen-bond donors (Lipinski definition) is 1. The van der Waals surface area contributed by atoms with Gasteiger partial charge in [-0.3, -0.25) is 14.9 Å². The van der Waals surface area contributed by atoms with Gasteiger partial charge in [-0.25, -0.2) is 0 Å². The number of piperidine rings is 1. The Labute approximate surface area is 175 Å². The van der Waals surface area contributed by atoms with Gasteiger partial charge in [0.25, 0.3) is 0 Å². The van der Waals surface area contributed by atoms with Crippen LogP contribution >= 0.6 is 0 Å². The van der Waals surface area contributed by atoms with Gasteiger partial charge in [0.15, 0.2) is 0 Å². The highest BCUT2D eigenvalue weighted by Gasteiger charge is 2.23. The molecule has 0 radical (unpaired) electrons. The molecule has 5 rings (SSSR count). The van der Waals surface area contributed by atoms with Crippen LogP contribution in [-0.4, -0.2) is 43.6 Å². The fourth-order valence-corrected chi connectivity index (χ4v) is 4.32. The van der Waals surface area contributed by atoms with E-state index in [-0.39, 0.29) is 5.91 Å². The molecule has 30 heavy (non-hydrogen) atoms. The first-order valence-corrected chi connectivity index (χ1v) is 10.5. The molecule has 0 bridgehead atoms. The summed E-state index contributed by atoms with van der Waals surface area (Å²) >= 11 is 0. The second kappa shape index (κ2) is 8.14. The van der Waals surface area contributed by atoms with Crippen molar-refractivity contribution >= 4 is 16.8 Å². The van der Waals surface area contributed by atoms with E-state index in [0.29, 0.717) is 12.3 Å². The van der Waals surface area contributed by atoms with Gasteiger partial charge in [0.2, 0.25) is 5.91 Å². The van der Waals surface area contributed by atoms with Gasteiger partial charge >= 0.3 is 0 Å². The highest BCUT2D eigenvalue weighted by atomic mass is 16.2. The van der Waals surface area contributed by atoms with Gasteiger partial charge in [-0.05, 0) is 36.5 Å². The third-order valence-electron chi connectivity index (χ3n) is 6.07. The molecule has 4 heterocycles. The van der Waals surface area contributed by atoms with E-state index in [1.165, 1.54) is 5.39 Å². The van der Waals surface area contributed by atoms with E-state index in [9.17, 15) is 4.79 Å². The lowest BCUT2D eigenvalue weighted by atomic mass is 9.96. The largest absolute Gasteiger partial charge is 0.346 e. The Hall–Kier alpha value is -3.41. The molecule has 6 nitrogen and oxygen atoms in total. The Balaban J connectivity index is 1.20. The monoisotopic (exact) mass is 399 g/mol. The number of H-pyrrole nitrogens is 1. The lowest BCUT2D eigenvalue weighted by Crippen LogP contribution is -2.40. The third-order valence-corrected chi connectivity index (χ3v) is 6.07. The number of fused-ring (bicyclic) bond motifs is 1. The molecule has 152 valence electrons. The zero-order chi connectivity index (χ0) is 20.3. The standard InChI is InChI=1S/C24H25N5O/c30-24(12-18-4-2-1-3-5-18)28-9-6-19(7-10-28)17-29-11-8-20-13-22(25-16-23(20)29)21-14-26-27-15-21/h1-5,8,11,13-16,19H,6-7,9-10,12,17H2,(H,26,27). The Bertz CT molecular complexity index is 1130. The highest BCUT2D eigenvalue weighted by molar-refractivity contribution is 5.83. The number of nitrogens with one attached hydrogen (secondary N) is 1. The van der Waals surface area contributed by atoms with Crippen LogP contribution in [0.4, 0.5) is 0 Å². The number of nitrogens with zero attached hydrogens (tertiary/aromatic N) is 4. The third kappa shape index (κ3) is 3.85. The van der Waals surface area contributed by atoms with Crippen LogP contribution in [0, 0.1) is 5.92 Å². The smallest absolute Gasteiger partial charge is 0.226 e. The van der Waals surface area contributed by atoms with Gasteiger partial charge in [-0.15, -0.1) is 0 Å². The van der Waals surface area contributed by atoms with Crippen molar-refractivity contribution in [3.63, 3.8) is 0 Å². The minimum atomic E-state index is 0.238. The molecule has 1 fully saturated rings. The van der Waals surface area contributed by atoms with Crippen molar-refractivity contribution in [2.45, 2.75) is 25.8 Å². The summed E-state index contributed by atoms with van der Waals surface area (Å²) in [6.45, 7) is 2.66. The fraction of sp³-hybridized carbons (Fsp3) is 0.292. The summed E-state index contributed by atoms with van der Waals surface area (Å²) < 4.78 is 2.30. The number of carbonyl (C=O) groups is 1. The maximum atomic E-state index is 12.6. The molecule has 1 aliphatic heterocycles. The molecule has 1 N–H and O–H groups in total. The molecule has 0 saturated carbocycles. The Morgan fingerprint density at radius 3 is 2.70 bits per heavy atom. The van der Waals surface area contributed by atoms with Crippen LogP contribution in [0.1, 0.15) is 18.4 Å². The van der Waals surface area contributed by atoms with Gasteiger partial charge in [0.05, 0.1) is 30.0 Å². The molecule has 1 amide bonds. The highest BCUT2D eigenvalue weighted by Crippen LogP contribution is 2.25. The van der Waals surface area contributed by atoms with Crippen molar-refractivity contribution in [1.82, 2.24) is 24.6 Å². The Morgan fingerprint density at radius 1 is 1.10 bits per heavy atom. The number of pyridine rings is 1. The van der Waals surface area contributed by atoms with Crippen LogP contribution in [-0.2, 0) is 17.8 Å². The van der Waals surface area contributed by atoms with Crippen molar-refractivity contribution < 1.29 is 4.79 Å². The SMILES string of the molecule is O=C(Cc1ccccc1)N1CCC(Cn2ccc3cc(-c4cn[nH]c4)ncc32)CC1. The van der Waals surface area contributed by atoms with Crippen LogP contribution in [0.5, 0.6) is 0 Å². The maximum absolute atomic E-state index is 12.6. The molecule has 0 atom stereocenters. The van der Waals surface area contributed by atoms with Gasteiger partial charge in [0, 0.05) is 43.0 Å². The van der Waals surface area contributed by atoms with E-state index in [4.69, 9.17) is 0 Å². The van der Waals surface area contributed by atoms with E-state index in [1.807, 2.05) is 47.6 Å². The van der Waals surface area contributed by atoms with Crippen molar-refractivity contribution in [3.8, 4) is 11.3 Å². The number of likely N-dealkylation sites (tertiary alicyclic amines) is 1. The van der Waals surface area contributed by atoms with Crippen molar-refractivity contribution in [2.24, 2.45) is 5.92 Å². The Morgan fingerprint density at radius 2 is 1.93 bits per heavy atom. The summed E-state index contributed by atoms with van der Waals surface area (Å²) in [5.74, 6) is 0.817. The van der Waals surface area contributed by atoms with Crippen LogP contribution in [0.25, 0.3) is 22.2 Å². The van der Waals surface area contributed by atoms with E-state index in [0.717, 1.165) is 54.8 Å². The van der Waals surface area contributed by atoms with Gasteiger partial charge in [-0.1, -0.05) is 30.3 Å². The second-order valence-corrected chi connectivity index (χ2v) is 8.07. The maximum Gasteiger partial charge on any atom is 0.226 e. The van der Waals surface area contributed by atoms with Crippen LogP contribution < -0.4 is 0 Å². The molecule has 0 unspecified atom stereocenters. The fourth-order valence-electron chi connectivity index (χ4n) is 4.32. The minimum absolute atomic E-state index is 0.238. The summed E-state index contributed by atoms with van der Waals surface area (Å²) in [4.78, 5) is 19.2. The second-order valence-electron chi connectivity index (χ2n) is 8.07. The average Bonchev–Trinajstić information content (AvgIpc) is 3.45.